The molecule has 2 aliphatic rings. The van der Waals surface area contributed by atoms with E-state index < -0.39 is 113 Å². The lowest BCUT2D eigenvalue weighted by Gasteiger charge is -2.15. The Kier molecular flexibility index (Phi) is 7.36. The lowest BCUT2D eigenvalue weighted by molar-refractivity contribution is 0.582. The first-order valence-corrected chi connectivity index (χ1v) is 12.4. The van der Waals surface area contributed by atoms with Crippen LogP contribution in [0.5, 0.6) is 0 Å². The normalized spacial score (nSPS) is 14.7. The molecule has 9 nitrogen and oxygen atoms in total. The Morgan fingerprint density at radius 3 is 1.79 bits per heavy atom. The van der Waals surface area contributed by atoms with E-state index in [0.29, 0.717) is 12.1 Å². The second kappa shape index (κ2) is 11.3. The Bertz CT molecular complexity index is 2520. The van der Waals surface area contributed by atoms with Crippen LogP contribution in [0.3, 0.4) is 0 Å². The molecule has 0 unspecified atom stereocenters. The van der Waals surface area contributed by atoms with E-state index >= 15 is 13.2 Å². The predicted octanol–water partition coefficient (Wildman–Crippen LogP) is 7.76. The fourth-order valence-electron chi connectivity index (χ4n) is 5.40. The summed E-state index contributed by atoms with van der Waals surface area (Å²) in [7, 11) is 0. The quantitative estimate of drug-likeness (QED) is 0.125. The van der Waals surface area contributed by atoms with E-state index in [2.05, 4.69) is 24.4 Å². The molecule has 0 amide bonds. The maximum atomic E-state index is 17.0. The molecule has 0 bridgehead atoms. The van der Waals surface area contributed by atoms with Crippen LogP contribution in [0.4, 0.5) is 27.6 Å². The van der Waals surface area contributed by atoms with Crippen molar-refractivity contribution in [2.75, 3.05) is 0 Å². The number of allylic oxidation sites excluding steroid dienone is 7. The average molecular weight is 621 g/mol. The highest BCUT2D eigenvalue weighted by Crippen LogP contribution is 2.58. The number of hydrogen-bond acceptors (Lipinski definition) is 5. The summed E-state index contributed by atoms with van der Waals surface area (Å²) in [5.74, 6) is -6.90. The fourth-order valence-corrected chi connectivity index (χ4v) is 5.40. The molecule has 1 aromatic heterocycles. The highest BCUT2D eigenvalue weighted by Gasteiger charge is 2.44. The van der Waals surface area contributed by atoms with Crippen molar-refractivity contribution in [3.8, 4) is 24.3 Å². The van der Waals surface area contributed by atoms with Crippen molar-refractivity contribution >= 4 is 39.2 Å². The van der Waals surface area contributed by atoms with Crippen LogP contribution in [0.25, 0.3) is 52.9 Å². The van der Waals surface area contributed by atoms with Crippen molar-refractivity contribution in [3.63, 3.8) is 0 Å². The first-order chi connectivity index (χ1) is 22.6. The second-order valence-corrected chi connectivity index (χ2v) is 9.26. The van der Waals surface area contributed by atoms with Gasteiger partial charge in [-0.25, -0.2) is 52.4 Å². The van der Waals surface area contributed by atoms with Crippen LogP contribution in [0.2, 0.25) is 0 Å². The van der Waals surface area contributed by atoms with Gasteiger partial charge in [0.2, 0.25) is 17.3 Å². The SMILES string of the molecule is [C-]#[N+]C1=C(c2cc(F)c([N+]#[C-])cc2F)/C(=C(/C#N)[N+]#[C-])c2c(F)c3c(c(F)c21)/C(=C(/C#N)[N+]#[C-])C(c1ccc(F)nc1C#N)=C3C#N. The maximum absolute atomic E-state index is 17.0. The van der Waals surface area contributed by atoms with Crippen LogP contribution in [0.1, 0.15) is 39.1 Å². The zero-order chi connectivity index (χ0) is 34.3. The van der Waals surface area contributed by atoms with E-state index in [1.54, 1.807) is 12.1 Å². The van der Waals surface area contributed by atoms with Crippen molar-refractivity contribution in [1.82, 2.24) is 4.98 Å². The van der Waals surface area contributed by atoms with Gasteiger partial charge < -0.3 is 0 Å². The van der Waals surface area contributed by atoms with Crippen LogP contribution < -0.4 is 0 Å². The minimum Gasteiger partial charge on any atom is -0.237 e. The maximum Gasteiger partial charge on any atom is 0.270 e. The molecule has 0 saturated carbocycles. The molecule has 2 aliphatic carbocycles. The van der Waals surface area contributed by atoms with Crippen LogP contribution in [0.15, 0.2) is 35.7 Å². The summed E-state index contributed by atoms with van der Waals surface area (Å²) in [6.07, 6.45) is 0. The number of nitriles is 4. The highest BCUT2D eigenvalue weighted by molar-refractivity contribution is 6.29. The molecule has 216 valence electrons. The van der Waals surface area contributed by atoms with Crippen molar-refractivity contribution in [2.45, 2.75) is 0 Å². The zero-order valence-electron chi connectivity index (χ0n) is 22.7. The molecular weight excluding hydrogens is 617 g/mol. The van der Waals surface area contributed by atoms with Crippen LogP contribution in [-0.4, -0.2) is 4.98 Å². The van der Waals surface area contributed by atoms with Crippen LogP contribution in [-0.2, 0) is 0 Å². The number of hydrogen-bond donors (Lipinski definition) is 0. The summed E-state index contributed by atoms with van der Waals surface area (Å²) in [5.41, 5.74) is -12.9. The van der Waals surface area contributed by atoms with Gasteiger partial charge in [0.25, 0.3) is 11.4 Å². The van der Waals surface area contributed by atoms with Crippen molar-refractivity contribution in [2.24, 2.45) is 0 Å². The molecule has 14 heteroatoms. The topological polar surface area (TPSA) is 125 Å². The van der Waals surface area contributed by atoms with Gasteiger partial charge in [-0.1, -0.05) is 0 Å². The van der Waals surface area contributed by atoms with Crippen LogP contribution >= 0.6 is 0 Å². The molecule has 1 heterocycles. The Labute approximate surface area is 261 Å². The third-order valence-corrected chi connectivity index (χ3v) is 7.15. The molecule has 0 aliphatic heterocycles. The van der Waals surface area contributed by atoms with Crippen LogP contribution in [0, 0.1) is 101 Å². The van der Waals surface area contributed by atoms with E-state index in [1.165, 1.54) is 12.1 Å². The summed E-state index contributed by atoms with van der Waals surface area (Å²) < 4.78 is 78.1. The van der Waals surface area contributed by atoms with E-state index in [0.717, 1.165) is 12.1 Å². The number of aromatic nitrogens is 1. The predicted molar refractivity (Wildman–Crippen MR) is 152 cm³/mol. The number of rotatable bonds is 2. The largest absolute Gasteiger partial charge is 0.270 e. The number of pyridine rings is 1. The molecule has 0 fully saturated rings. The Morgan fingerprint density at radius 1 is 0.660 bits per heavy atom. The number of fused-ring (bicyclic) bond motifs is 2. The molecule has 0 N–H and O–H groups in total. The number of nitrogens with zero attached hydrogens (tertiary/aromatic N) is 9. The Balaban J connectivity index is 2.06. The molecule has 2 aromatic carbocycles. The smallest absolute Gasteiger partial charge is 0.237 e. The molecule has 0 atom stereocenters. The van der Waals surface area contributed by atoms with Gasteiger partial charge in [-0.3, -0.25) is 0 Å². The summed E-state index contributed by atoms with van der Waals surface area (Å²) in [4.78, 5) is 15.5. The van der Waals surface area contributed by atoms with Gasteiger partial charge in [-0.2, -0.15) is 14.9 Å². The lowest BCUT2D eigenvalue weighted by atomic mass is 9.90. The Hall–Kier alpha value is -7.88. The molecule has 0 radical (unpaired) electrons. The minimum atomic E-state index is -1.56. The first kappa shape index (κ1) is 30.6. The van der Waals surface area contributed by atoms with E-state index in [4.69, 9.17) is 26.3 Å². The van der Waals surface area contributed by atoms with Gasteiger partial charge in [0.05, 0.1) is 44.0 Å². The number of benzene rings is 2. The van der Waals surface area contributed by atoms with Gasteiger partial charge >= 0.3 is 0 Å². The van der Waals surface area contributed by atoms with Crippen molar-refractivity contribution < 1.29 is 22.0 Å². The summed E-state index contributed by atoms with van der Waals surface area (Å²) >= 11 is 0. The molecule has 47 heavy (non-hydrogen) atoms. The highest BCUT2D eigenvalue weighted by atomic mass is 19.1. The first-order valence-electron chi connectivity index (χ1n) is 12.4. The van der Waals surface area contributed by atoms with Crippen molar-refractivity contribution in [3.05, 3.63) is 150 Å². The van der Waals surface area contributed by atoms with Gasteiger partial charge in [0.1, 0.15) is 35.4 Å². The minimum absolute atomic E-state index is 0.388. The van der Waals surface area contributed by atoms with E-state index in [9.17, 15) is 29.8 Å². The third-order valence-electron chi connectivity index (χ3n) is 7.15. The third kappa shape index (κ3) is 4.18. The molecule has 5 rings (SSSR count). The second-order valence-electron chi connectivity index (χ2n) is 9.26. The summed E-state index contributed by atoms with van der Waals surface area (Å²) in [5, 5.41) is 39.5. The van der Waals surface area contributed by atoms with Gasteiger partial charge in [-0.15, -0.1) is 0 Å². The standard InChI is InChI=1S/C33H4F5N9/c1-43-18-8-16(34)14(7-17(18)35)25-27(21(12-42)45-3)29-30(33(25)46-4)32(38)28-24(31(29)37)15(9-39)23(26(28)20(11-41)44-2)13-5-6-22(36)47-19(13)10-40/h5-8H/b26-20-,27-21+. The lowest BCUT2D eigenvalue weighted by Crippen LogP contribution is -2.05. The monoisotopic (exact) mass is 621 g/mol. The molecule has 0 saturated heterocycles. The fraction of sp³-hybridized carbons (Fsp3) is 0. The van der Waals surface area contributed by atoms with E-state index in [-0.39, 0.29) is 5.56 Å². The van der Waals surface area contributed by atoms with Gasteiger partial charge in [-0.05, 0) is 35.4 Å². The summed E-state index contributed by atoms with van der Waals surface area (Å²) in [6.45, 7) is 29.9. The molecule has 3 aromatic rings. The molecular formula is C33H4F5N9. The van der Waals surface area contributed by atoms with Gasteiger partial charge in [0.15, 0.2) is 5.69 Å². The average Bonchev–Trinajstić information content (AvgIpc) is 3.60. The zero-order valence-corrected chi connectivity index (χ0v) is 22.7. The van der Waals surface area contributed by atoms with Crippen molar-refractivity contribution in [1.29, 1.82) is 21.0 Å². The van der Waals surface area contributed by atoms with E-state index in [1.807, 2.05) is 0 Å². The molecule has 0 spiro atoms. The Morgan fingerprint density at radius 2 is 1.26 bits per heavy atom. The van der Waals surface area contributed by atoms with Gasteiger partial charge in [0, 0.05) is 44.5 Å². The number of halogens is 5. The summed E-state index contributed by atoms with van der Waals surface area (Å²) in [6, 6.07) is 8.78.